The summed E-state index contributed by atoms with van der Waals surface area (Å²) in [6.07, 6.45) is 1.13. The van der Waals surface area contributed by atoms with Crippen LogP contribution in [0.25, 0.3) is 0 Å². The summed E-state index contributed by atoms with van der Waals surface area (Å²) in [6, 6.07) is 11.5. The molecule has 2 N–H and O–H groups in total. The van der Waals surface area contributed by atoms with Gasteiger partial charge in [0.2, 0.25) is 0 Å². The molecule has 0 atom stereocenters. The van der Waals surface area contributed by atoms with E-state index < -0.39 is 5.60 Å². The van der Waals surface area contributed by atoms with E-state index in [0.717, 1.165) is 5.56 Å². The Bertz CT molecular complexity index is 754. The van der Waals surface area contributed by atoms with Crippen LogP contribution in [-0.2, 0) is 11.3 Å². The summed E-state index contributed by atoms with van der Waals surface area (Å²) in [5.41, 5.74) is 7.13. The Labute approximate surface area is 141 Å². The van der Waals surface area contributed by atoms with Crippen LogP contribution in [-0.4, -0.2) is 11.5 Å². The van der Waals surface area contributed by atoms with Crippen LogP contribution in [0.2, 0.25) is 0 Å². The second-order valence-electron chi connectivity index (χ2n) is 6.02. The Hall–Kier alpha value is -2.56. The summed E-state index contributed by atoms with van der Waals surface area (Å²) in [4.78, 5) is 14.8. The van der Waals surface area contributed by atoms with Crippen molar-refractivity contribution >= 4 is 17.3 Å². The lowest BCUT2D eigenvalue weighted by Gasteiger charge is -2.42. The number of ether oxygens (including phenoxy) is 1. The van der Waals surface area contributed by atoms with E-state index in [9.17, 15) is 9.18 Å². The van der Waals surface area contributed by atoms with Gasteiger partial charge in [0.05, 0.1) is 12.2 Å². The van der Waals surface area contributed by atoms with Crippen LogP contribution in [0.5, 0.6) is 5.75 Å². The molecule has 0 saturated heterocycles. The molecule has 1 heterocycles. The van der Waals surface area contributed by atoms with Crippen LogP contribution in [0.4, 0.5) is 15.8 Å². The average molecular weight is 328 g/mol. The van der Waals surface area contributed by atoms with E-state index in [0.29, 0.717) is 36.5 Å². The fourth-order valence-corrected chi connectivity index (χ4v) is 3.13. The predicted octanol–water partition coefficient (Wildman–Crippen LogP) is 3.89. The highest BCUT2D eigenvalue weighted by molar-refractivity contribution is 6.05. The number of nitrogens with zero attached hydrogens (tertiary/aromatic N) is 1. The van der Waals surface area contributed by atoms with Gasteiger partial charge >= 0.3 is 0 Å². The van der Waals surface area contributed by atoms with Gasteiger partial charge in [-0.1, -0.05) is 32.0 Å². The molecule has 126 valence electrons. The summed E-state index contributed by atoms with van der Waals surface area (Å²) in [7, 11) is 0. The fraction of sp³-hybridized carbons (Fsp3) is 0.316. The molecule has 0 spiro atoms. The third-order valence-corrected chi connectivity index (χ3v) is 4.64. The molecule has 1 aliphatic heterocycles. The maximum Gasteiger partial charge on any atom is 0.271 e. The summed E-state index contributed by atoms with van der Waals surface area (Å²) in [5, 5.41) is 0. The minimum Gasteiger partial charge on any atom is -0.475 e. The lowest BCUT2D eigenvalue weighted by Crippen LogP contribution is -2.55. The number of hydrogen-bond donors (Lipinski definition) is 1. The number of anilines is 2. The van der Waals surface area contributed by atoms with Crippen LogP contribution < -0.4 is 15.4 Å². The molecule has 0 saturated carbocycles. The zero-order chi connectivity index (χ0) is 17.3. The molecule has 3 rings (SSSR count). The lowest BCUT2D eigenvalue weighted by molar-refractivity contribution is -0.136. The normalized spacial score (nSPS) is 15.8. The van der Waals surface area contributed by atoms with Crippen molar-refractivity contribution in [1.82, 2.24) is 0 Å². The van der Waals surface area contributed by atoms with Gasteiger partial charge in [-0.3, -0.25) is 9.69 Å². The molecule has 1 amide bonds. The third-order valence-electron chi connectivity index (χ3n) is 4.64. The number of rotatable bonds is 4. The Morgan fingerprint density at radius 1 is 1.12 bits per heavy atom. The Balaban J connectivity index is 2.08. The number of amides is 1. The number of fused-ring (bicyclic) bond motifs is 1. The fourth-order valence-electron chi connectivity index (χ4n) is 3.13. The van der Waals surface area contributed by atoms with Gasteiger partial charge in [-0.05, 0) is 42.7 Å². The predicted molar refractivity (Wildman–Crippen MR) is 92.4 cm³/mol. The van der Waals surface area contributed by atoms with Gasteiger partial charge in [-0.2, -0.15) is 0 Å². The zero-order valence-corrected chi connectivity index (χ0v) is 13.9. The van der Waals surface area contributed by atoms with E-state index in [2.05, 4.69) is 0 Å². The van der Waals surface area contributed by atoms with Crippen molar-refractivity contribution < 1.29 is 13.9 Å². The van der Waals surface area contributed by atoms with E-state index >= 15 is 0 Å². The number of halogens is 1. The molecule has 0 aliphatic carbocycles. The van der Waals surface area contributed by atoms with E-state index in [-0.39, 0.29) is 11.7 Å². The first kappa shape index (κ1) is 16.3. The summed E-state index contributed by atoms with van der Waals surface area (Å²) in [5.74, 6) is 0.200. The maximum absolute atomic E-state index is 13.2. The SMILES string of the molecule is CCC1(CC)Oc2cccc(N)c2N(Cc2ccc(F)cc2)C1=O. The van der Waals surface area contributed by atoms with E-state index in [1.54, 1.807) is 23.1 Å². The first-order valence-corrected chi connectivity index (χ1v) is 8.14. The molecule has 4 nitrogen and oxygen atoms in total. The van der Waals surface area contributed by atoms with Gasteiger partial charge in [-0.15, -0.1) is 0 Å². The Morgan fingerprint density at radius 3 is 2.42 bits per heavy atom. The minimum atomic E-state index is -0.888. The largest absolute Gasteiger partial charge is 0.475 e. The number of carbonyl (C=O) groups is 1. The van der Waals surface area contributed by atoms with Crippen molar-refractivity contribution in [1.29, 1.82) is 0 Å². The molecule has 24 heavy (non-hydrogen) atoms. The molecule has 2 aromatic rings. The number of nitrogen functional groups attached to an aromatic ring is 1. The second-order valence-corrected chi connectivity index (χ2v) is 6.02. The van der Waals surface area contributed by atoms with Gasteiger partial charge in [0.1, 0.15) is 17.3 Å². The summed E-state index contributed by atoms with van der Waals surface area (Å²) < 4.78 is 19.2. The van der Waals surface area contributed by atoms with Gasteiger partial charge in [0.25, 0.3) is 5.91 Å². The topological polar surface area (TPSA) is 55.6 Å². The lowest BCUT2D eigenvalue weighted by atomic mass is 9.92. The highest BCUT2D eigenvalue weighted by Crippen LogP contribution is 2.44. The molecule has 2 aromatic carbocycles. The molecule has 0 bridgehead atoms. The number of carbonyl (C=O) groups excluding carboxylic acids is 1. The molecule has 1 aliphatic rings. The summed E-state index contributed by atoms with van der Waals surface area (Å²) >= 11 is 0. The van der Waals surface area contributed by atoms with Gasteiger partial charge < -0.3 is 10.5 Å². The van der Waals surface area contributed by atoms with Crippen LogP contribution in [0.3, 0.4) is 0 Å². The molecule has 0 radical (unpaired) electrons. The van der Waals surface area contributed by atoms with Crippen LogP contribution >= 0.6 is 0 Å². The quantitative estimate of drug-likeness (QED) is 0.866. The van der Waals surface area contributed by atoms with E-state index in [1.165, 1.54) is 12.1 Å². The maximum atomic E-state index is 13.2. The van der Waals surface area contributed by atoms with Crippen molar-refractivity contribution in [3.63, 3.8) is 0 Å². The van der Waals surface area contributed by atoms with E-state index in [4.69, 9.17) is 10.5 Å². The molecular formula is C19H21FN2O2. The van der Waals surface area contributed by atoms with Crippen molar-refractivity contribution in [3.8, 4) is 5.75 Å². The first-order chi connectivity index (χ1) is 11.5. The van der Waals surface area contributed by atoms with Gasteiger partial charge in [0, 0.05) is 0 Å². The molecule has 5 heteroatoms. The number of benzene rings is 2. The molecular weight excluding hydrogens is 307 g/mol. The standard InChI is InChI=1S/C19H21FN2O2/c1-3-19(4-2)18(23)22(12-13-8-10-14(20)11-9-13)17-15(21)6-5-7-16(17)24-19/h5-11H,3-4,12,21H2,1-2H3. The van der Waals surface area contributed by atoms with Crippen LogP contribution in [0.15, 0.2) is 42.5 Å². The van der Waals surface area contributed by atoms with Crippen LogP contribution in [0.1, 0.15) is 32.3 Å². The third kappa shape index (κ3) is 2.60. The zero-order valence-electron chi connectivity index (χ0n) is 13.9. The summed E-state index contributed by atoms with van der Waals surface area (Å²) in [6.45, 7) is 4.20. The van der Waals surface area contributed by atoms with Crippen molar-refractivity contribution in [2.24, 2.45) is 0 Å². The van der Waals surface area contributed by atoms with E-state index in [1.807, 2.05) is 26.0 Å². The van der Waals surface area contributed by atoms with Crippen molar-refractivity contribution in [2.75, 3.05) is 10.6 Å². The Morgan fingerprint density at radius 2 is 1.79 bits per heavy atom. The number of hydrogen-bond acceptors (Lipinski definition) is 3. The number of para-hydroxylation sites is 1. The van der Waals surface area contributed by atoms with Gasteiger partial charge in [-0.25, -0.2) is 4.39 Å². The van der Waals surface area contributed by atoms with Gasteiger partial charge in [0.15, 0.2) is 5.60 Å². The second kappa shape index (κ2) is 6.15. The average Bonchev–Trinajstić information content (AvgIpc) is 2.59. The highest BCUT2D eigenvalue weighted by Gasteiger charge is 2.46. The van der Waals surface area contributed by atoms with Crippen LogP contribution in [0, 0.1) is 5.82 Å². The smallest absolute Gasteiger partial charge is 0.271 e. The molecule has 0 fully saturated rings. The number of nitrogens with two attached hydrogens (primary N) is 1. The minimum absolute atomic E-state index is 0.109. The highest BCUT2D eigenvalue weighted by atomic mass is 19.1. The van der Waals surface area contributed by atoms with Crippen molar-refractivity contribution in [3.05, 3.63) is 53.8 Å². The monoisotopic (exact) mass is 328 g/mol. The Kier molecular flexibility index (Phi) is 4.18. The van der Waals surface area contributed by atoms with Crippen molar-refractivity contribution in [2.45, 2.75) is 38.8 Å². The molecule has 0 aromatic heterocycles. The first-order valence-electron chi connectivity index (χ1n) is 8.14. The molecule has 0 unspecified atom stereocenters.